The lowest BCUT2D eigenvalue weighted by Crippen LogP contribution is -2.43. The second kappa shape index (κ2) is 7.39. The molecule has 0 radical (unpaired) electrons. The first-order chi connectivity index (χ1) is 11.3. The number of hydrogen-bond donors (Lipinski definition) is 1. The molecule has 2 rings (SSSR count). The molecule has 4 nitrogen and oxygen atoms in total. The lowest BCUT2D eigenvalue weighted by atomic mass is 9.96. The smallest absolute Gasteiger partial charge is 0.348 e. The van der Waals surface area contributed by atoms with E-state index in [-0.39, 0.29) is 6.42 Å². The number of methoxy groups -OCH3 is 1. The summed E-state index contributed by atoms with van der Waals surface area (Å²) in [7, 11) is 1.60. The molecule has 2 aromatic rings. The van der Waals surface area contributed by atoms with Crippen LogP contribution in [-0.4, -0.2) is 23.8 Å². The van der Waals surface area contributed by atoms with Crippen LogP contribution in [0.4, 0.5) is 0 Å². The molecule has 0 saturated heterocycles. The van der Waals surface area contributed by atoms with E-state index >= 15 is 0 Å². The van der Waals surface area contributed by atoms with Crippen molar-refractivity contribution in [1.29, 1.82) is 0 Å². The van der Waals surface area contributed by atoms with Gasteiger partial charge in [-0.1, -0.05) is 38.1 Å². The summed E-state index contributed by atoms with van der Waals surface area (Å²) in [6.07, 6.45) is 0.262. The Morgan fingerprint density at radius 3 is 2.04 bits per heavy atom. The van der Waals surface area contributed by atoms with Gasteiger partial charge in [0, 0.05) is 6.42 Å². The van der Waals surface area contributed by atoms with Crippen molar-refractivity contribution in [3.8, 4) is 11.5 Å². The van der Waals surface area contributed by atoms with Gasteiger partial charge in [-0.2, -0.15) is 0 Å². The van der Waals surface area contributed by atoms with Crippen molar-refractivity contribution in [2.24, 2.45) is 0 Å². The predicted molar refractivity (Wildman–Crippen MR) is 93.9 cm³/mol. The fourth-order valence-corrected chi connectivity index (χ4v) is 2.47. The summed E-state index contributed by atoms with van der Waals surface area (Å²) in [5, 5.41) is 9.65. The normalized spacial score (nSPS) is 13.4. The maximum atomic E-state index is 11.8. The minimum atomic E-state index is -1.34. The van der Waals surface area contributed by atoms with E-state index in [9.17, 15) is 9.90 Å². The van der Waals surface area contributed by atoms with E-state index in [4.69, 9.17) is 9.47 Å². The number of aliphatic carboxylic acids is 1. The summed E-state index contributed by atoms with van der Waals surface area (Å²) in [6, 6.07) is 14.9. The van der Waals surface area contributed by atoms with Crippen molar-refractivity contribution in [3.05, 3.63) is 59.7 Å². The first-order valence-electron chi connectivity index (χ1n) is 7.99. The Morgan fingerprint density at radius 1 is 1.04 bits per heavy atom. The van der Waals surface area contributed by atoms with E-state index in [2.05, 4.69) is 13.8 Å². The van der Waals surface area contributed by atoms with Crippen LogP contribution in [0, 0.1) is 0 Å². The van der Waals surface area contributed by atoms with Gasteiger partial charge in [-0.15, -0.1) is 0 Å². The van der Waals surface area contributed by atoms with Crippen LogP contribution in [0.15, 0.2) is 48.5 Å². The topological polar surface area (TPSA) is 55.8 Å². The second-order valence-corrected chi connectivity index (χ2v) is 6.39. The molecule has 0 aliphatic heterocycles. The summed E-state index contributed by atoms with van der Waals surface area (Å²) in [6.45, 7) is 5.82. The van der Waals surface area contributed by atoms with Crippen LogP contribution in [0.5, 0.6) is 11.5 Å². The molecule has 1 atom stereocenters. The molecule has 1 N–H and O–H groups in total. The maximum absolute atomic E-state index is 11.8. The molecule has 0 heterocycles. The number of carboxylic acids is 1. The molecule has 2 aromatic carbocycles. The zero-order valence-corrected chi connectivity index (χ0v) is 14.6. The van der Waals surface area contributed by atoms with Crippen LogP contribution in [0.1, 0.15) is 37.8 Å². The summed E-state index contributed by atoms with van der Waals surface area (Å²) in [5.41, 5.74) is 0.725. The summed E-state index contributed by atoms with van der Waals surface area (Å²) >= 11 is 0. The van der Waals surface area contributed by atoms with Gasteiger partial charge in [0.2, 0.25) is 5.60 Å². The summed E-state index contributed by atoms with van der Waals surface area (Å²) in [5.74, 6) is 0.717. The van der Waals surface area contributed by atoms with Gasteiger partial charge >= 0.3 is 5.97 Å². The van der Waals surface area contributed by atoms with Crippen LogP contribution >= 0.6 is 0 Å². The number of carboxylic acid groups (broad SMARTS) is 1. The maximum Gasteiger partial charge on any atom is 0.348 e. The molecule has 128 valence electrons. The molecular formula is C20H24O4. The third-order valence-corrected chi connectivity index (χ3v) is 4.04. The summed E-state index contributed by atoms with van der Waals surface area (Å²) in [4.78, 5) is 11.8. The molecule has 1 unspecified atom stereocenters. The van der Waals surface area contributed by atoms with Gasteiger partial charge in [0.25, 0.3) is 0 Å². The van der Waals surface area contributed by atoms with Gasteiger partial charge in [-0.3, -0.25) is 0 Å². The Hall–Kier alpha value is -2.49. The van der Waals surface area contributed by atoms with Gasteiger partial charge in [0.1, 0.15) is 11.5 Å². The lowest BCUT2D eigenvalue weighted by molar-refractivity contribution is -0.153. The second-order valence-electron chi connectivity index (χ2n) is 6.39. The average Bonchev–Trinajstić information content (AvgIpc) is 2.56. The van der Waals surface area contributed by atoms with Gasteiger partial charge in [0.15, 0.2) is 0 Å². The number of ether oxygens (including phenoxy) is 2. The van der Waals surface area contributed by atoms with Crippen LogP contribution in [0.25, 0.3) is 0 Å². The van der Waals surface area contributed by atoms with E-state index < -0.39 is 11.6 Å². The zero-order valence-electron chi connectivity index (χ0n) is 14.6. The minimum absolute atomic E-state index is 0.262. The van der Waals surface area contributed by atoms with Crippen molar-refractivity contribution in [3.63, 3.8) is 0 Å². The first-order valence-corrected chi connectivity index (χ1v) is 7.99. The standard InChI is InChI=1S/C20H24O4/c1-14(2)16-7-11-18(12-8-16)24-20(3,19(21)22)13-15-5-9-17(23-4)10-6-15/h5-12,14H,13H2,1-4H3,(H,21,22). The molecule has 0 aromatic heterocycles. The molecule has 0 aliphatic carbocycles. The Kier molecular flexibility index (Phi) is 5.50. The van der Waals surface area contributed by atoms with Crippen LogP contribution in [-0.2, 0) is 11.2 Å². The molecule has 0 bridgehead atoms. The van der Waals surface area contributed by atoms with Crippen molar-refractivity contribution in [2.75, 3.05) is 7.11 Å². The van der Waals surface area contributed by atoms with Crippen LogP contribution < -0.4 is 9.47 Å². The van der Waals surface area contributed by atoms with E-state index in [1.165, 1.54) is 5.56 Å². The van der Waals surface area contributed by atoms with E-state index in [1.807, 2.05) is 48.5 Å². The number of benzene rings is 2. The van der Waals surface area contributed by atoms with E-state index in [0.717, 1.165) is 11.3 Å². The molecule has 4 heteroatoms. The molecule has 0 saturated carbocycles. The monoisotopic (exact) mass is 328 g/mol. The van der Waals surface area contributed by atoms with Crippen LogP contribution in [0.2, 0.25) is 0 Å². The Balaban J connectivity index is 2.18. The molecule has 24 heavy (non-hydrogen) atoms. The zero-order chi connectivity index (χ0) is 17.7. The number of rotatable bonds is 7. The molecule has 0 fully saturated rings. The van der Waals surface area contributed by atoms with Crippen molar-refractivity contribution < 1.29 is 19.4 Å². The number of carbonyl (C=O) groups is 1. The highest BCUT2D eigenvalue weighted by atomic mass is 16.5. The quantitative estimate of drug-likeness (QED) is 0.824. The highest BCUT2D eigenvalue weighted by molar-refractivity contribution is 5.78. The highest BCUT2D eigenvalue weighted by Crippen LogP contribution is 2.25. The van der Waals surface area contributed by atoms with Gasteiger partial charge in [-0.25, -0.2) is 4.79 Å². The van der Waals surface area contributed by atoms with Gasteiger partial charge in [-0.05, 0) is 48.2 Å². The van der Waals surface area contributed by atoms with Crippen molar-refractivity contribution in [2.45, 2.75) is 38.7 Å². The van der Waals surface area contributed by atoms with Gasteiger partial charge in [0.05, 0.1) is 7.11 Å². The largest absolute Gasteiger partial charge is 0.497 e. The molecule has 0 amide bonds. The summed E-state index contributed by atoms with van der Waals surface area (Å²) < 4.78 is 11.0. The van der Waals surface area contributed by atoms with Gasteiger partial charge < -0.3 is 14.6 Å². The van der Waals surface area contributed by atoms with Crippen LogP contribution in [0.3, 0.4) is 0 Å². The third kappa shape index (κ3) is 4.28. The Bertz CT molecular complexity index is 674. The SMILES string of the molecule is COc1ccc(CC(C)(Oc2ccc(C(C)C)cc2)C(=O)O)cc1. The molecule has 0 spiro atoms. The fourth-order valence-electron chi connectivity index (χ4n) is 2.47. The highest BCUT2D eigenvalue weighted by Gasteiger charge is 2.36. The fraction of sp³-hybridized carbons (Fsp3) is 0.350. The Morgan fingerprint density at radius 2 is 1.58 bits per heavy atom. The molecule has 0 aliphatic rings. The third-order valence-electron chi connectivity index (χ3n) is 4.04. The van der Waals surface area contributed by atoms with E-state index in [1.54, 1.807) is 14.0 Å². The lowest BCUT2D eigenvalue weighted by Gasteiger charge is -2.27. The van der Waals surface area contributed by atoms with Crippen molar-refractivity contribution >= 4 is 5.97 Å². The van der Waals surface area contributed by atoms with E-state index in [0.29, 0.717) is 11.7 Å². The average molecular weight is 328 g/mol. The minimum Gasteiger partial charge on any atom is -0.497 e. The first kappa shape index (κ1) is 17.9. The Labute approximate surface area is 143 Å². The molecular weight excluding hydrogens is 304 g/mol. The van der Waals surface area contributed by atoms with Crippen molar-refractivity contribution in [1.82, 2.24) is 0 Å². The number of hydrogen-bond acceptors (Lipinski definition) is 3. The predicted octanol–water partition coefficient (Wildman–Crippen LogP) is 4.28.